The highest BCUT2D eigenvalue weighted by atomic mass is 32.2. The molecule has 1 aromatic rings. The number of anilines is 1. The van der Waals surface area contributed by atoms with Gasteiger partial charge >= 0.3 is 0 Å². The highest BCUT2D eigenvalue weighted by Crippen LogP contribution is 2.26. The van der Waals surface area contributed by atoms with E-state index < -0.39 is 26.8 Å². The topological polar surface area (TPSA) is 92.4 Å². The fraction of sp³-hybridized carbons (Fsp3) is 0.538. The van der Waals surface area contributed by atoms with Gasteiger partial charge in [0.05, 0.1) is 6.10 Å². The number of nitrogens with one attached hydrogen (secondary N) is 1. The molecular weight excluding hydrogens is 283 g/mol. The number of benzene rings is 1. The zero-order valence-electron chi connectivity index (χ0n) is 11.3. The zero-order chi connectivity index (χ0) is 14.9. The number of aliphatic hydroxyl groups is 1. The predicted molar refractivity (Wildman–Crippen MR) is 74.1 cm³/mol. The Morgan fingerprint density at radius 1 is 1.45 bits per heavy atom. The van der Waals surface area contributed by atoms with Crippen LogP contribution >= 0.6 is 0 Å². The molecule has 0 spiro atoms. The average Bonchev–Trinajstić information content (AvgIpc) is 2.77. The van der Waals surface area contributed by atoms with Crippen LogP contribution in [-0.4, -0.2) is 26.2 Å². The van der Waals surface area contributed by atoms with Crippen molar-refractivity contribution in [3.05, 3.63) is 23.5 Å². The maximum absolute atomic E-state index is 13.9. The molecule has 1 saturated carbocycles. The van der Waals surface area contributed by atoms with Gasteiger partial charge < -0.3 is 10.8 Å². The van der Waals surface area contributed by atoms with Gasteiger partial charge in [0.1, 0.15) is 10.7 Å². The Bertz CT molecular complexity index is 604. The molecule has 0 amide bonds. The summed E-state index contributed by atoms with van der Waals surface area (Å²) in [5.41, 5.74) is 5.95. The number of sulfonamides is 1. The Morgan fingerprint density at radius 2 is 2.15 bits per heavy atom. The fourth-order valence-corrected chi connectivity index (χ4v) is 3.79. The van der Waals surface area contributed by atoms with Crippen LogP contribution in [0.3, 0.4) is 0 Å². The summed E-state index contributed by atoms with van der Waals surface area (Å²) in [4.78, 5) is -0.442. The third kappa shape index (κ3) is 3.11. The van der Waals surface area contributed by atoms with Gasteiger partial charge in [0.25, 0.3) is 0 Å². The summed E-state index contributed by atoms with van der Waals surface area (Å²) >= 11 is 0. The van der Waals surface area contributed by atoms with Crippen molar-refractivity contribution in [3.63, 3.8) is 0 Å². The summed E-state index contributed by atoms with van der Waals surface area (Å²) in [5.74, 6) is -0.909. The second-order valence-corrected chi connectivity index (χ2v) is 7.00. The fourth-order valence-electron chi connectivity index (χ4n) is 2.51. The number of halogens is 1. The molecule has 0 aliphatic heterocycles. The highest BCUT2D eigenvalue weighted by molar-refractivity contribution is 7.89. The summed E-state index contributed by atoms with van der Waals surface area (Å²) in [6.07, 6.45) is 1.82. The third-order valence-corrected chi connectivity index (χ3v) is 5.11. The van der Waals surface area contributed by atoms with Gasteiger partial charge in [0.15, 0.2) is 0 Å². The molecule has 0 heterocycles. The molecule has 2 atom stereocenters. The molecule has 1 aliphatic carbocycles. The van der Waals surface area contributed by atoms with E-state index in [9.17, 15) is 17.9 Å². The largest absolute Gasteiger partial charge is 0.399 e. The molecule has 1 fully saturated rings. The first-order valence-electron chi connectivity index (χ1n) is 6.54. The number of aryl methyl sites for hydroxylation is 1. The van der Waals surface area contributed by atoms with Crippen LogP contribution < -0.4 is 10.5 Å². The Kier molecular flexibility index (Phi) is 4.31. The molecule has 112 valence electrons. The Labute approximate surface area is 118 Å². The first-order valence-corrected chi connectivity index (χ1v) is 8.03. The number of nitrogen functional groups attached to an aromatic ring is 1. The maximum atomic E-state index is 13.9. The van der Waals surface area contributed by atoms with Crippen LogP contribution in [0.5, 0.6) is 0 Å². The molecule has 1 aromatic carbocycles. The highest BCUT2D eigenvalue weighted by Gasteiger charge is 2.28. The molecule has 1 aliphatic rings. The van der Waals surface area contributed by atoms with Crippen molar-refractivity contribution in [1.82, 2.24) is 4.72 Å². The van der Waals surface area contributed by atoms with Gasteiger partial charge in [-0.3, -0.25) is 0 Å². The lowest BCUT2D eigenvalue weighted by molar-refractivity contribution is 0.134. The molecule has 20 heavy (non-hydrogen) atoms. The van der Waals surface area contributed by atoms with E-state index in [0.29, 0.717) is 6.42 Å². The van der Waals surface area contributed by atoms with Crippen LogP contribution in [0.25, 0.3) is 0 Å². The molecule has 0 bridgehead atoms. The molecule has 2 rings (SSSR count). The second kappa shape index (κ2) is 5.67. The average molecular weight is 302 g/mol. The van der Waals surface area contributed by atoms with Crippen molar-refractivity contribution in [2.75, 3.05) is 12.3 Å². The quantitative estimate of drug-likeness (QED) is 0.728. The van der Waals surface area contributed by atoms with Gasteiger partial charge in [-0.15, -0.1) is 0 Å². The van der Waals surface area contributed by atoms with Gasteiger partial charge in [-0.25, -0.2) is 17.5 Å². The summed E-state index contributed by atoms with van der Waals surface area (Å²) in [6, 6.07) is 2.49. The number of hydrogen-bond donors (Lipinski definition) is 3. The minimum Gasteiger partial charge on any atom is -0.399 e. The summed E-state index contributed by atoms with van der Waals surface area (Å²) in [7, 11) is -3.96. The SMILES string of the molecule is Cc1cc(N)cc(S(=O)(=O)NCC2CCCC2O)c1F. The first kappa shape index (κ1) is 15.2. The Hall–Kier alpha value is -1.18. The van der Waals surface area contributed by atoms with Crippen LogP contribution in [0.1, 0.15) is 24.8 Å². The van der Waals surface area contributed by atoms with Crippen molar-refractivity contribution >= 4 is 15.7 Å². The van der Waals surface area contributed by atoms with E-state index in [1.807, 2.05) is 0 Å². The van der Waals surface area contributed by atoms with Crippen LogP contribution in [0.2, 0.25) is 0 Å². The van der Waals surface area contributed by atoms with Crippen LogP contribution in [0.15, 0.2) is 17.0 Å². The van der Waals surface area contributed by atoms with E-state index in [-0.39, 0.29) is 23.7 Å². The molecule has 5 nitrogen and oxygen atoms in total. The maximum Gasteiger partial charge on any atom is 0.243 e. The normalized spacial score (nSPS) is 23.1. The molecule has 0 radical (unpaired) electrons. The molecule has 4 N–H and O–H groups in total. The Balaban J connectivity index is 2.18. The van der Waals surface area contributed by atoms with Gasteiger partial charge in [0, 0.05) is 12.2 Å². The predicted octanol–water partition coefficient (Wildman–Crippen LogP) is 1.16. The van der Waals surface area contributed by atoms with E-state index in [1.165, 1.54) is 13.0 Å². The standard InChI is InChI=1S/C13H19FN2O3S/c1-8-5-10(15)6-12(13(8)14)20(18,19)16-7-9-3-2-4-11(9)17/h5-6,9,11,16-17H,2-4,7,15H2,1H3. The molecular formula is C13H19FN2O3S. The number of rotatable bonds is 4. The zero-order valence-corrected chi connectivity index (χ0v) is 12.1. The summed E-state index contributed by atoms with van der Waals surface area (Å²) in [6.45, 7) is 1.57. The minimum absolute atomic E-state index is 0.108. The van der Waals surface area contributed by atoms with Gasteiger partial charge in [-0.1, -0.05) is 6.42 Å². The molecule has 7 heteroatoms. The van der Waals surface area contributed by atoms with E-state index >= 15 is 0 Å². The van der Waals surface area contributed by atoms with Crippen molar-refractivity contribution in [2.24, 2.45) is 5.92 Å². The van der Waals surface area contributed by atoms with Crippen molar-refractivity contribution in [3.8, 4) is 0 Å². The molecule has 2 unspecified atom stereocenters. The number of hydrogen-bond acceptors (Lipinski definition) is 4. The lowest BCUT2D eigenvalue weighted by atomic mass is 10.1. The van der Waals surface area contributed by atoms with E-state index in [4.69, 9.17) is 5.73 Å². The first-order chi connectivity index (χ1) is 9.31. The lowest BCUT2D eigenvalue weighted by Gasteiger charge is -2.16. The van der Waals surface area contributed by atoms with Crippen molar-refractivity contribution in [1.29, 1.82) is 0 Å². The second-order valence-electron chi connectivity index (χ2n) is 5.26. The summed E-state index contributed by atoms with van der Waals surface area (Å²) in [5, 5.41) is 9.67. The lowest BCUT2D eigenvalue weighted by Crippen LogP contribution is -2.33. The van der Waals surface area contributed by atoms with Crippen LogP contribution in [-0.2, 0) is 10.0 Å². The number of aliphatic hydroxyl groups excluding tert-OH is 1. The van der Waals surface area contributed by atoms with Crippen LogP contribution in [0, 0.1) is 18.7 Å². The molecule has 0 saturated heterocycles. The summed E-state index contributed by atoms with van der Waals surface area (Å²) < 4.78 is 40.6. The van der Waals surface area contributed by atoms with Crippen molar-refractivity contribution in [2.45, 2.75) is 37.2 Å². The van der Waals surface area contributed by atoms with E-state index in [1.54, 1.807) is 0 Å². The molecule has 0 aromatic heterocycles. The van der Waals surface area contributed by atoms with Gasteiger partial charge in [0.2, 0.25) is 10.0 Å². The van der Waals surface area contributed by atoms with Gasteiger partial charge in [-0.2, -0.15) is 0 Å². The van der Waals surface area contributed by atoms with E-state index in [0.717, 1.165) is 18.9 Å². The monoisotopic (exact) mass is 302 g/mol. The minimum atomic E-state index is -3.96. The van der Waals surface area contributed by atoms with E-state index in [2.05, 4.69) is 4.72 Å². The van der Waals surface area contributed by atoms with Gasteiger partial charge in [-0.05, 0) is 43.4 Å². The van der Waals surface area contributed by atoms with Crippen LogP contribution in [0.4, 0.5) is 10.1 Å². The van der Waals surface area contributed by atoms with Crippen molar-refractivity contribution < 1.29 is 17.9 Å². The Morgan fingerprint density at radius 3 is 2.75 bits per heavy atom. The smallest absolute Gasteiger partial charge is 0.243 e. The number of nitrogens with two attached hydrogens (primary N) is 1. The third-order valence-electron chi connectivity index (χ3n) is 3.69.